The Bertz CT molecular complexity index is 609. The molecule has 1 atom stereocenters. The van der Waals surface area contributed by atoms with Gasteiger partial charge in [-0.1, -0.05) is 0 Å². The van der Waals surface area contributed by atoms with E-state index < -0.39 is 17.2 Å². The summed E-state index contributed by atoms with van der Waals surface area (Å²) in [6, 6.07) is 3.63. The summed E-state index contributed by atoms with van der Waals surface area (Å²) in [6.45, 7) is 3.41. The van der Waals surface area contributed by atoms with Crippen molar-refractivity contribution in [3.8, 4) is 5.75 Å². The molecule has 0 aliphatic carbocycles. The van der Waals surface area contributed by atoms with Crippen molar-refractivity contribution < 1.29 is 24.1 Å². The molecule has 1 unspecified atom stereocenters. The number of carbonyl (C=O) groups excluding carboxylic acids is 1. The average Bonchev–Trinajstić information content (AvgIpc) is 2.49. The van der Waals surface area contributed by atoms with E-state index in [1.165, 1.54) is 6.07 Å². The Morgan fingerprint density at radius 3 is 2.61 bits per heavy atom. The first-order valence-electron chi connectivity index (χ1n) is 7.94. The standard InChI is InChI=1S/C17H22FNO4/c1-16(22)6-9-23-17(11-16)4-7-19(8-5-17)15(21)12-2-3-13(18)14(20)10-12/h2-3,10,20,22H,4-9,11H2,1H3. The van der Waals surface area contributed by atoms with Crippen LogP contribution < -0.4 is 0 Å². The lowest BCUT2D eigenvalue weighted by molar-refractivity contribution is -0.170. The van der Waals surface area contributed by atoms with Gasteiger partial charge in [0.2, 0.25) is 0 Å². The smallest absolute Gasteiger partial charge is 0.253 e. The first-order valence-corrected chi connectivity index (χ1v) is 7.94. The van der Waals surface area contributed by atoms with Crippen LogP contribution in [0.5, 0.6) is 5.75 Å². The van der Waals surface area contributed by atoms with Gasteiger partial charge in [-0.25, -0.2) is 4.39 Å². The predicted octanol–water partition coefficient (Wildman–Crippen LogP) is 2.07. The van der Waals surface area contributed by atoms with Gasteiger partial charge in [-0.15, -0.1) is 0 Å². The third kappa shape index (κ3) is 3.33. The quantitative estimate of drug-likeness (QED) is 0.830. The number of rotatable bonds is 1. The molecule has 0 saturated carbocycles. The summed E-state index contributed by atoms with van der Waals surface area (Å²) in [5.41, 5.74) is -0.798. The number of likely N-dealkylation sites (tertiary alicyclic amines) is 1. The van der Waals surface area contributed by atoms with Crippen LogP contribution in [-0.4, -0.2) is 51.9 Å². The van der Waals surface area contributed by atoms with Crippen LogP contribution in [0.3, 0.4) is 0 Å². The number of ether oxygens (including phenoxy) is 1. The Balaban J connectivity index is 1.66. The van der Waals surface area contributed by atoms with Crippen LogP contribution in [0.2, 0.25) is 0 Å². The number of phenolic OH excluding ortho intramolecular Hbond substituents is 1. The maximum absolute atomic E-state index is 13.1. The van der Waals surface area contributed by atoms with E-state index in [-0.39, 0.29) is 17.1 Å². The van der Waals surface area contributed by atoms with Crippen molar-refractivity contribution in [2.45, 2.75) is 43.8 Å². The van der Waals surface area contributed by atoms with E-state index in [0.29, 0.717) is 45.4 Å². The number of hydrogen-bond donors (Lipinski definition) is 2. The Kier molecular flexibility index (Phi) is 4.06. The normalized spacial score (nSPS) is 27.2. The second kappa shape index (κ2) is 5.76. The van der Waals surface area contributed by atoms with Gasteiger partial charge in [-0.3, -0.25) is 4.79 Å². The average molecular weight is 323 g/mol. The van der Waals surface area contributed by atoms with Crippen LogP contribution in [0.1, 0.15) is 43.0 Å². The maximum Gasteiger partial charge on any atom is 0.253 e. The van der Waals surface area contributed by atoms with E-state index in [0.717, 1.165) is 12.1 Å². The molecule has 0 radical (unpaired) electrons. The molecule has 1 spiro atoms. The van der Waals surface area contributed by atoms with Crippen LogP contribution >= 0.6 is 0 Å². The molecule has 2 heterocycles. The highest BCUT2D eigenvalue weighted by Crippen LogP contribution is 2.39. The molecule has 126 valence electrons. The van der Waals surface area contributed by atoms with Gasteiger partial charge in [0.05, 0.1) is 17.8 Å². The van der Waals surface area contributed by atoms with Crippen LogP contribution in [0, 0.1) is 5.82 Å². The molecule has 1 aromatic rings. The van der Waals surface area contributed by atoms with E-state index in [9.17, 15) is 19.4 Å². The van der Waals surface area contributed by atoms with Gasteiger partial charge in [0.1, 0.15) is 0 Å². The summed E-state index contributed by atoms with van der Waals surface area (Å²) >= 11 is 0. The van der Waals surface area contributed by atoms with Crippen LogP contribution in [0.4, 0.5) is 4.39 Å². The summed E-state index contributed by atoms with van der Waals surface area (Å²) in [4.78, 5) is 14.1. The third-order valence-electron chi connectivity index (χ3n) is 4.91. The number of piperidine rings is 1. The molecule has 2 aliphatic rings. The molecule has 6 heteroatoms. The number of aromatic hydroxyl groups is 1. The predicted molar refractivity (Wildman–Crippen MR) is 81.7 cm³/mol. The molecule has 5 nitrogen and oxygen atoms in total. The Morgan fingerprint density at radius 1 is 1.30 bits per heavy atom. The van der Waals surface area contributed by atoms with E-state index in [1.807, 2.05) is 6.92 Å². The van der Waals surface area contributed by atoms with E-state index in [4.69, 9.17) is 4.74 Å². The highest BCUT2D eigenvalue weighted by molar-refractivity contribution is 5.94. The molecular weight excluding hydrogens is 301 g/mol. The summed E-state index contributed by atoms with van der Waals surface area (Å²) in [6.07, 6.45) is 2.55. The van der Waals surface area contributed by atoms with Gasteiger partial charge >= 0.3 is 0 Å². The first-order chi connectivity index (χ1) is 10.8. The number of hydrogen-bond acceptors (Lipinski definition) is 4. The third-order valence-corrected chi connectivity index (χ3v) is 4.91. The molecule has 2 aliphatic heterocycles. The number of phenols is 1. The van der Waals surface area contributed by atoms with Crippen molar-refractivity contribution in [2.75, 3.05) is 19.7 Å². The Morgan fingerprint density at radius 2 is 2.00 bits per heavy atom. The number of benzene rings is 1. The fraction of sp³-hybridized carbons (Fsp3) is 0.588. The van der Waals surface area contributed by atoms with Crippen LogP contribution in [0.25, 0.3) is 0 Å². The number of amides is 1. The minimum absolute atomic E-state index is 0.224. The molecule has 0 aromatic heterocycles. The Labute approximate surface area is 134 Å². The molecule has 2 fully saturated rings. The molecule has 1 aromatic carbocycles. The maximum atomic E-state index is 13.1. The lowest BCUT2D eigenvalue weighted by Crippen LogP contribution is -2.54. The van der Waals surface area contributed by atoms with Crippen molar-refractivity contribution in [1.29, 1.82) is 0 Å². The molecule has 2 N–H and O–H groups in total. The van der Waals surface area contributed by atoms with Gasteiger partial charge in [0.25, 0.3) is 5.91 Å². The van der Waals surface area contributed by atoms with Crippen molar-refractivity contribution in [2.24, 2.45) is 0 Å². The summed E-state index contributed by atoms with van der Waals surface area (Å²) < 4.78 is 19.0. The molecule has 1 amide bonds. The van der Waals surface area contributed by atoms with E-state index in [2.05, 4.69) is 0 Å². The molecule has 3 rings (SSSR count). The monoisotopic (exact) mass is 323 g/mol. The molecule has 2 saturated heterocycles. The largest absolute Gasteiger partial charge is 0.505 e. The zero-order valence-corrected chi connectivity index (χ0v) is 13.2. The second-order valence-electron chi connectivity index (χ2n) is 6.91. The minimum atomic E-state index is -0.739. The van der Waals surface area contributed by atoms with E-state index in [1.54, 1.807) is 4.90 Å². The number of nitrogens with zero attached hydrogens (tertiary/aromatic N) is 1. The number of carbonyl (C=O) groups is 1. The number of halogens is 1. The number of aliphatic hydroxyl groups is 1. The van der Waals surface area contributed by atoms with Gasteiger partial charge in [0.15, 0.2) is 11.6 Å². The first kappa shape index (κ1) is 16.2. The second-order valence-corrected chi connectivity index (χ2v) is 6.91. The Hall–Kier alpha value is -1.66. The molecule has 0 bridgehead atoms. The van der Waals surface area contributed by atoms with Crippen LogP contribution in [0.15, 0.2) is 18.2 Å². The van der Waals surface area contributed by atoms with Crippen molar-refractivity contribution in [1.82, 2.24) is 4.90 Å². The summed E-state index contributed by atoms with van der Waals surface area (Å²) in [5, 5.41) is 19.7. The SMILES string of the molecule is CC1(O)CCOC2(CCN(C(=O)c3ccc(F)c(O)c3)CC2)C1. The van der Waals surface area contributed by atoms with Gasteiger partial charge < -0.3 is 19.8 Å². The highest BCUT2D eigenvalue weighted by Gasteiger charge is 2.44. The summed E-state index contributed by atoms with van der Waals surface area (Å²) in [5.74, 6) is -1.48. The lowest BCUT2D eigenvalue weighted by Gasteiger charge is -2.48. The van der Waals surface area contributed by atoms with E-state index >= 15 is 0 Å². The van der Waals surface area contributed by atoms with Crippen molar-refractivity contribution >= 4 is 5.91 Å². The molecule has 23 heavy (non-hydrogen) atoms. The topological polar surface area (TPSA) is 70.0 Å². The fourth-order valence-electron chi connectivity index (χ4n) is 3.59. The van der Waals surface area contributed by atoms with Crippen molar-refractivity contribution in [3.05, 3.63) is 29.6 Å². The van der Waals surface area contributed by atoms with Crippen LogP contribution in [-0.2, 0) is 4.74 Å². The fourth-order valence-corrected chi connectivity index (χ4v) is 3.59. The minimum Gasteiger partial charge on any atom is -0.505 e. The highest BCUT2D eigenvalue weighted by atomic mass is 19.1. The van der Waals surface area contributed by atoms with Gasteiger partial charge in [-0.05, 0) is 44.4 Å². The van der Waals surface area contributed by atoms with Crippen molar-refractivity contribution in [3.63, 3.8) is 0 Å². The molecular formula is C17H22FNO4. The van der Waals surface area contributed by atoms with Gasteiger partial charge in [0, 0.05) is 25.1 Å². The zero-order chi connectivity index (χ0) is 16.7. The zero-order valence-electron chi connectivity index (χ0n) is 13.2. The van der Waals surface area contributed by atoms with Gasteiger partial charge in [-0.2, -0.15) is 0 Å². The summed E-state index contributed by atoms with van der Waals surface area (Å²) in [7, 11) is 0. The lowest BCUT2D eigenvalue weighted by atomic mass is 9.78.